The van der Waals surface area contributed by atoms with Gasteiger partial charge in [-0.1, -0.05) is 5.16 Å². The molecule has 3 atom stereocenters. The SMILES string of the molecule is COCC1(C(=O)OCOC(=O)C(C)(C)C)CS[C@@H]2C(NC(=O)C(=NO)c3csc(N)n3)C(=O)N2C1. The van der Waals surface area contributed by atoms with Crippen molar-refractivity contribution in [1.82, 2.24) is 15.2 Å². The van der Waals surface area contributed by atoms with E-state index in [1.165, 1.54) is 29.2 Å². The van der Waals surface area contributed by atoms with Gasteiger partial charge in [0, 0.05) is 24.8 Å². The van der Waals surface area contributed by atoms with Gasteiger partial charge in [0.05, 0.1) is 12.0 Å². The maximum atomic E-state index is 12.9. The zero-order valence-electron chi connectivity index (χ0n) is 19.6. The number of methoxy groups -OCH3 is 1. The van der Waals surface area contributed by atoms with Crippen LogP contribution < -0.4 is 11.1 Å². The normalized spacial score (nSPS) is 24.3. The van der Waals surface area contributed by atoms with Crippen LogP contribution in [0.1, 0.15) is 26.5 Å². The molecule has 13 nitrogen and oxygen atoms in total. The van der Waals surface area contributed by atoms with Crippen LogP contribution in [0.3, 0.4) is 0 Å². The molecule has 4 N–H and O–H groups in total. The summed E-state index contributed by atoms with van der Waals surface area (Å²) in [6.45, 7) is 4.45. The van der Waals surface area contributed by atoms with E-state index >= 15 is 0 Å². The summed E-state index contributed by atoms with van der Waals surface area (Å²) in [5.41, 5.74) is 3.35. The number of carbonyl (C=O) groups is 4. The van der Waals surface area contributed by atoms with E-state index < -0.39 is 52.8 Å². The van der Waals surface area contributed by atoms with Gasteiger partial charge in [-0.15, -0.1) is 23.1 Å². The molecule has 0 aliphatic carbocycles. The number of carbonyl (C=O) groups excluding carboxylic acids is 4. The first-order chi connectivity index (χ1) is 16.4. The summed E-state index contributed by atoms with van der Waals surface area (Å²) in [6, 6.07) is -0.885. The largest absolute Gasteiger partial charge is 0.427 e. The fraction of sp³-hybridized carbons (Fsp3) is 0.600. The molecule has 1 aromatic heterocycles. The molecule has 2 aliphatic rings. The van der Waals surface area contributed by atoms with Crippen molar-refractivity contribution in [3.8, 4) is 0 Å². The lowest BCUT2D eigenvalue weighted by molar-refractivity contribution is -0.183. The molecule has 0 saturated carbocycles. The molecule has 0 bridgehead atoms. The number of anilines is 1. The number of aromatic nitrogens is 1. The minimum Gasteiger partial charge on any atom is -0.427 e. The van der Waals surface area contributed by atoms with Crippen LogP contribution in [-0.4, -0.2) is 88.8 Å². The molecule has 2 unspecified atom stereocenters. The van der Waals surface area contributed by atoms with Crippen LogP contribution in [-0.2, 0) is 33.4 Å². The Morgan fingerprint density at radius 1 is 1.37 bits per heavy atom. The van der Waals surface area contributed by atoms with E-state index in [1.54, 1.807) is 20.8 Å². The summed E-state index contributed by atoms with van der Waals surface area (Å²) in [7, 11) is 1.42. The van der Waals surface area contributed by atoms with Crippen LogP contribution in [0.5, 0.6) is 0 Å². The van der Waals surface area contributed by atoms with Gasteiger partial charge in [-0.2, -0.15) is 0 Å². The number of thiazole rings is 1. The summed E-state index contributed by atoms with van der Waals surface area (Å²) < 4.78 is 15.4. The average Bonchev–Trinajstić information content (AvgIpc) is 3.22. The number of hydrogen-bond acceptors (Lipinski definition) is 13. The predicted molar refractivity (Wildman–Crippen MR) is 126 cm³/mol. The van der Waals surface area contributed by atoms with Crippen molar-refractivity contribution in [2.75, 3.05) is 38.5 Å². The molecule has 2 amide bonds. The number of nitrogens with two attached hydrogens (primary N) is 1. The number of fused-ring (bicyclic) bond motifs is 1. The molecule has 0 spiro atoms. The van der Waals surface area contributed by atoms with E-state index in [-0.39, 0.29) is 35.4 Å². The first kappa shape index (κ1) is 26.7. The maximum Gasteiger partial charge on any atom is 0.319 e. The molecule has 35 heavy (non-hydrogen) atoms. The van der Waals surface area contributed by atoms with Gasteiger partial charge in [0.25, 0.3) is 5.91 Å². The summed E-state index contributed by atoms with van der Waals surface area (Å²) >= 11 is 2.34. The van der Waals surface area contributed by atoms with E-state index in [2.05, 4.69) is 15.5 Å². The number of ether oxygens (including phenoxy) is 3. The van der Waals surface area contributed by atoms with Gasteiger partial charge < -0.3 is 35.4 Å². The molecule has 1 aromatic rings. The summed E-state index contributed by atoms with van der Waals surface area (Å²) in [5, 5.41) is 16.0. The van der Waals surface area contributed by atoms with Crippen LogP contribution in [0.15, 0.2) is 10.5 Å². The van der Waals surface area contributed by atoms with Crippen molar-refractivity contribution in [3.63, 3.8) is 0 Å². The second-order valence-corrected chi connectivity index (χ2v) is 11.1. The molecule has 15 heteroatoms. The van der Waals surface area contributed by atoms with Crippen molar-refractivity contribution in [1.29, 1.82) is 0 Å². The zero-order valence-corrected chi connectivity index (χ0v) is 21.2. The topological polar surface area (TPSA) is 183 Å². The highest BCUT2D eigenvalue weighted by Gasteiger charge is 2.58. The van der Waals surface area contributed by atoms with Crippen LogP contribution in [0, 0.1) is 10.8 Å². The smallest absolute Gasteiger partial charge is 0.319 e. The number of oxime groups is 1. The van der Waals surface area contributed by atoms with Gasteiger partial charge in [0.15, 0.2) is 10.8 Å². The van der Waals surface area contributed by atoms with Gasteiger partial charge in [-0.25, -0.2) is 4.98 Å². The quantitative estimate of drug-likeness (QED) is 0.103. The lowest BCUT2D eigenvalue weighted by Crippen LogP contribution is -2.74. The molecule has 2 saturated heterocycles. The Morgan fingerprint density at radius 2 is 2.09 bits per heavy atom. The van der Waals surface area contributed by atoms with Gasteiger partial charge in [0.2, 0.25) is 12.7 Å². The van der Waals surface area contributed by atoms with Gasteiger partial charge in [-0.05, 0) is 20.8 Å². The third kappa shape index (κ3) is 5.51. The Bertz CT molecular complexity index is 1040. The van der Waals surface area contributed by atoms with E-state index in [0.717, 1.165) is 11.3 Å². The molecule has 2 aliphatic heterocycles. The minimum absolute atomic E-state index is 0.000667. The molecular formula is C20H27N5O8S2. The van der Waals surface area contributed by atoms with Crippen molar-refractivity contribution >= 4 is 57.7 Å². The number of rotatable bonds is 8. The summed E-state index contributed by atoms with van der Waals surface area (Å²) in [6.07, 6.45) is 0. The second-order valence-electron chi connectivity index (χ2n) is 9.08. The van der Waals surface area contributed by atoms with Crippen LogP contribution >= 0.6 is 23.1 Å². The average molecular weight is 530 g/mol. The molecule has 0 aromatic carbocycles. The Kier molecular flexibility index (Phi) is 7.91. The zero-order chi connectivity index (χ0) is 26.0. The molecule has 3 heterocycles. The van der Waals surface area contributed by atoms with E-state index in [1.807, 2.05) is 0 Å². The molecule has 3 rings (SSSR count). The molecule has 192 valence electrons. The lowest BCUT2D eigenvalue weighted by Gasteiger charge is -2.53. The first-order valence-corrected chi connectivity index (χ1v) is 12.4. The lowest BCUT2D eigenvalue weighted by atomic mass is 9.88. The van der Waals surface area contributed by atoms with E-state index in [0.29, 0.717) is 0 Å². The number of amides is 2. The highest BCUT2D eigenvalue weighted by molar-refractivity contribution is 8.00. The Balaban J connectivity index is 1.62. The first-order valence-electron chi connectivity index (χ1n) is 10.4. The molecule has 2 fully saturated rings. The van der Waals surface area contributed by atoms with E-state index in [4.69, 9.17) is 19.9 Å². The minimum atomic E-state index is -1.18. The number of thioether (sulfide) groups is 1. The highest BCUT2D eigenvalue weighted by atomic mass is 32.2. The van der Waals surface area contributed by atoms with Gasteiger partial charge in [0.1, 0.15) is 22.5 Å². The van der Waals surface area contributed by atoms with E-state index in [9.17, 15) is 24.4 Å². The number of β-lactam (4-membered cyclic amide) rings is 1. The third-order valence-electron chi connectivity index (χ3n) is 5.36. The number of nitrogens with zero attached hydrogens (tertiary/aromatic N) is 3. The summed E-state index contributed by atoms with van der Waals surface area (Å²) in [5.74, 6) is -2.16. The molecule has 0 radical (unpaired) electrons. The van der Waals surface area contributed by atoms with Crippen molar-refractivity contribution in [2.45, 2.75) is 32.2 Å². The van der Waals surface area contributed by atoms with Crippen molar-refractivity contribution < 1.29 is 38.6 Å². The number of nitrogens with one attached hydrogen (secondary N) is 1. The van der Waals surface area contributed by atoms with Gasteiger partial charge >= 0.3 is 11.9 Å². The second kappa shape index (κ2) is 10.4. The summed E-state index contributed by atoms with van der Waals surface area (Å²) in [4.78, 5) is 55.6. The maximum absolute atomic E-state index is 12.9. The molecular weight excluding hydrogens is 502 g/mol. The third-order valence-corrected chi connectivity index (χ3v) is 7.62. The van der Waals surface area contributed by atoms with Crippen molar-refractivity contribution in [2.24, 2.45) is 16.0 Å². The standard InChI is InChI=1S/C20H27N5O8S2/c1-19(2,3)16(28)32-9-33-17(29)20(7-31-4)6-25-14(27)12(15(25)35-8-20)23-13(26)11(24-30)10-5-34-18(21)22-10/h5,12,15,30H,6-9H2,1-4H3,(H2,21,22)(H,23,26)/t12?,15-,20?/m1/s1. The van der Waals surface area contributed by atoms with Crippen LogP contribution in [0.25, 0.3) is 0 Å². The number of nitrogen functional groups attached to an aromatic ring is 1. The van der Waals surface area contributed by atoms with Crippen molar-refractivity contribution in [3.05, 3.63) is 11.1 Å². The van der Waals surface area contributed by atoms with Gasteiger partial charge in [-0.3, -0.25) is 19.2 Å². The Morgan fingerprint density at radius 3 is 2.66 bits per heavy atom. The van der Waals surface area contributed by atoms with Crippen LogP contribution in [0.2, 0.25) is 0 Å². The fourth-order valence-corrected chi connectivity index (χ4v) is 5.56. The fourth-order valence-electron chi connectivity index (χ4n) is 3.50. The number of esters is 2. The Labute approximate surface area is 209 Å². The Hall–Kier alpha value is -2.91. The number of hydrogen-bond donors (Lipinski definition) is 3. The highest BCUT2D eigenvalue weighted by Crippen LogP contribution is 2.43. The van der Waals surface area contributed by atoms with Crippen LogP contribution in [0.4, 0.5) is 5.13 Å². The predicted octanol–water partition coefficient (Wildman–Crippen LogP) is 0.0263. The monoisotopic (exact) mass is 529 g/mol.